The van der Waals surface area contributed by atoms with Gasteiger partial charge in [-0.2, -0.15) is 0 Å². The van der Waals surface area contributed by atoms with E-state index in [1.165, 1.54) is 0 Å². The largest absolute Gasteiger partial charge is 0.298 e. The number of hydrogen-bond donors (Lipinski definition) is 2. The van der Waals surface area contributed by atoms with Crippen molar-refractivity contribution in [3.63, 3.8) is 0 Å². The van der Waals surface area contributed by atoms with Crippen molar-refractivity contribution in [3.8, 4) is 0 Å². The van der Waals surface area contributed by atoms with Crippen LogP contribution in [0.4, 0.5) is 5.69 Å². The van der Waals surface area contributed by atoms with Gasteiger partial charge in [0.05, 0.1) is 5.69 Å². The van der Waals surface area contributed by atoms with Gasteiger partial charge in [-0.1, -0.05) is 19.1 Å². The summed E-state index contributed by atoms with van der Waals surface area (Å²) in [6.07, 6.45) is 0.483. The van der Waals surface area contributed by atoms with Gasteiger partial charge in [0.1, 0.15) is 0 Å². The number of halogens is 1. The van der Waals surface area contributed by atoms with Crippen LogP contribution >= 0.6 is 22.6 Å². The Labute approximate surface area is 91.0 Å². The van der Waals surface area contributed by atoms with Crippen molar-refractivity contribution in [2.24, 2.45) is 0 Å². The van der Waals surface area contributed by atoms with Crippen LogP contribution in [0.3, 0.4) is 0 Å². The zero-order chi connectivity index (χ0) is 9.68. The predicted molar refractivity (Wildman–Crippen MR) is 61.2 cm³/mol. The highest BCUT2D eigenvalue weighted by molar-refractivity contribution is 14.1. The van der Waals surface area contributed by atoms with Crippen LogP contribution in [0.2, 0.25) is 0 Å². The second kappa shape index (κ2) is 5.06. The maximum atomic E-state index is 10.9. The van der Waals surface area contributed by atoms with Gasteiger partial charge in [0, 0.05) is 9.99 Å². The lowest BCUT2D eigenvalue weighted by molar-refractivity contribution is -0.120. The van der Waals surface area contributed by atoms with E-state index in [1.807, 2.05) is 31.2 Å². The Morgan fingerprint density at radius 1 is 1.46 bits per heavy atom. The molecule has 13 heavy (non-hydrogen) atoms. The first-order chi connectivity index (χ1) is 6.24. The number of hydrogen-bond acceptors (Lipinski definition) is 2. The molecule has 0 fully saturated rings. The molecule has 0 bridgehead atoms. The molecule has 0 unspecified atom stereocenters. The molecule has 70 valence electrons. The fourth-order valence-corrected chi connectivity index (χ4v) is 1.31. The Morgan fingerprint density at radius 2 is 2.15 bits per heavy atom. The molecule has 1 rings (SSSR count). The Balaban J connectivity index is 2.54. The van der Waals surface area contributed by atoms with Gasteiger partial charge in [0.15, 0.2) is 0 Å². The summed E-state index contributed by atoms with van der Waals surface area (Å²) in [6, 6.07) is 7.76. The van der Waals surface area contributed by atoms with Crippen LogP contribution in [0.5, 0.6) is 0 Å². The topological polar surface area (TPSA) is 41.1 Å². The number of rotatable bonds is 3. The molecule has 3 nitrogen and oxygen atoms in total. The molecule has 1 aromatic carbocycles. The molecule has 1 amide bonds. The molecule has 0 atom stereocenters. The summed E-state index contributed by atoms with van der Waals surface area (Å²) in [5, 5.41) is 0. The van der Waals surface area contributed by atoms with Crippen LogP contribution in [0.1, 0.15) is 13.3 Å². The third-order valence-corrected chi connectivity index (χ3v) is 2.47. The highest BCUT2D eigenvalue weighted by Gasteiger charge is 1.98. The molecular weight excluding hydrogens is 279 g/mol. The first kappa shape index (κ1) is 10.3. The van der Waals surface area contributed by atoms with E-state index in [0.29, 0.717) is 6.42 Å². The smallest absolute Gasteiger partial charge is 0.238 e. The highest BCUT2D eigenvalue weighted by Crippen LogP contribution is 2.15. The minimum atomic E-state index is -0.0142. The van der Waals surface area contributed by atoms with Crippen molar-refractivity contribution < 1.29 is 4.79 Å². The molecule has 4 heteroatoms. The van der Waals surface area contributed by atoms with Crippen molar-refractivity contribution in [2.75, 3.05) is 5.43 Å². The predicted octanol–water partition coefficient (Wildman–Crippen LogP) is 2.14. The average molecular weight is 290 g/mol. The van der Waals surface area contributed by atoms with Gasteiger partial charge in [0.25, 0.3) is 0 Å². The number of benzene rings is 1. The summed E-state index contributed by atoms with van der Waals surface area (Å²) in [5.41, 5.74) is 6.37. The monoisotopic (exact) mass is 290 g/mol. The molecule has 0 spiro atoms. The number of para-hydroxylation sites is 1. The van der Waals surface area contributed by atoms with Gasteiger partial charge in [0.2, 0.25) is 5.91 Å². The lowest BCUT2D eigenvalue weighted by atomic mass is 10.3. The molecule has 0 aromatic heterocycles. The molecule has 0 radical (unpaired) electrons. The van der Waals surface area contributed by atoms with E-state index in [-0.39, 0.29) is 5.91 Å². The Bertz CT molecular complexity index is 301. The lowest BCUT2D eigenvalue weighted by Gasteiger charge is -2.08. The van der Waals surface area contributed by atoms with Crippen molar-refractivity contribution in [1.29, 1.82) is 0 Å². The van der Waals surface area contributed by atoms with Gasteiger partial charge in [-0.05, 0) is 34.7 Å². The average Bonchev–Trinajstić information content (AvgIpc) is 2.16. The van der Waals surface area contributed by atoms with E-state index in [2.05, 4.69) is 33.4 Å². The van der Waals surface area contributed by atoms with Crippen LogP contribution in [0.15, 0.2) is 24.3 Å². The van der Waals surface area contributed by atoms with E-state index in [0.717, 1.165) is 9.26 Å². The minimum Gasteiger partial charge on any atom is -0.298 e. The second-order valence-corrected chi connectivity index (χ2v) is 3.67. The highest BCUT2D eigenvalue weighted by atomic mass is 127. The van der Waals surface area contributed by atoms with Crippen LogP contribution in [-0.4, -0.2) is 5.91 Å². The zero-order valence-corrected chi connectivity index (χ0v) is 9.46. The molecule has 0 aliphatic carbocycles. The molecule has 0 saturated heterocycles. The van der Waals surface area contributed by atoms with Crippen LogP contribution in [-0.2, 0) is 4.79 Å². The van der Waals surface area contributed by atoms with Crippen molar-refractivity contribution >= 4 is 34.2 Å². The summed E-state index contributed by atoms with van der Waals surface area (Å²) >= 11 is 2.21. The molecular formula is C9H11IN2O. The molecule has 0 heterocycles. The van der Waals surface area contributed by atoms with Gasteiger partial charge >= 0.3 is 0 Å². The number of nitrogens with one attached hydrogen (secondary N) is 2. The maximum absolute atomic E-state index is 10.9. The Morgan fingerprint density at radius 3 is 2.77 bits per heavy atom. The molecule has 0 aliphatic rings. The number of amides is 1. The summed E-state index contributed by atoms with van der Waals surface area (Å²) in [7, 11) is 0. The quantitative estimate of drug-likeness (QED) is 0.661. The first-order valence-corrected chi connectivity index (χ1v) is 5.11. The van der Waals surface area contributed by atoms with Crippen LogP contribution < -0.4 is 10.9 Å². The number of anilines is 1. The molecule has 0 saturated carbocycles. The molecule has 1 aromatic rings. The van der Waals surface area contributed by atoms with Crippen molar-refractivity contribution in [2.45, 2.75) is 13.3 Å². The van der Waals surface area contributed by atoms with Gasteiger partial charge in [-0.25, -0.2) is 0 Å². The number of hydrazine groups is 1. The van der Waals surface area contributed by atoms with Gasteiger partial charge in [-0.15, -0.1) is 0 Å². The van der Waals surface area contributed by atoms with Crippen molar-refractivity contribution in [3.05, 3.63) is 27.8 Å². The standard InChI is InChI=1S/C9H11IN2O/c1-2-9(13)12-11-8-6-4-3-5-7(8)10/h3-6,11H,2H2,1H3,(H,12,13). The Kier molecular flexibility index (Phi) is 4.01. The van der Waals surface area contributed by atoms with E-state index in [9.17, 15) is 4.79 Å². The maximum Gasteiger partial charge on any atom is 0.238 e. The summed E-state index contributed by atoms with van der Waals surface area (Å²) in [6.45, 7) is 1.81. The van der Waals surface area contributed by atoms with E-state index in [4.69, 9.17) is 0 Å². The lowest BCUT2D eigenvalue weighted by Crippen LogP contribution is -2.28. The van der Waals surface area contributed by atoms with Crippen molar-refractivity contribution in [1.82, 2.24) is 5.43 Å². The number of carbonyl (C=O) groups excluding carboxylic acids is 1. The van der Waals surface area contributed by atoms with Crippen LogP contribution in [0.25, 0.3) is 0 Å². The van der Waals surface area contributed by atoms with Gasteiger partial charge in [-0.3, -0.25) is 15.6 Å². The third-order valence-electron chi connectivity index (χ3n) is 1.53. The molecule has 2 N–H and O–H groups in total. The SMILES string of the molecule is CCC(=O)NNc1ccccc1I. The first-order valence-electron chi connectivity index (χ1n) is 4.03. The fourth-order valence-electron chi connectivity index (χ4n) is 0.788. The third kappa shape index (κ3) is 3.22. The molecule has 0 aliphatic heterocycles. The van der Waals surface area contributed by atoms with Crippen LogP contribution in [0, 0.1) is 3.57 Å². The minimum absolute atomic E-state index is 0.0142. The zero-order valence-electron chi connectivity index (χ0n) is 7.30. The summed E-state index contributed by atoms with van der Waals surface area (Å²) in [4.78, 5) is 10.9. The summed E-state index contributed by atoms with van der Waals surface area (Å²) < 4.78 is 1.08. The normalized spacial score (nSPS) is 9.38. The Hall–Kier alpha value is -0.780. The van der Waals surface area contributed by atoms with Gasteiger partial charge < -0.3 is 0 Å². The second-order valence-electron chi connectivity index (χ2n) is 2.51. The van der Waals surface area contributed by atoms with E-state index in [1.54, 1.807) is 0 Å². The number of carbonyl (C=O) groups is 1. The summed E-state index contributed by atoms with van der Waals surface area (Å²) in [5.74, 6) is -0.0142. The van der Waals surface area contributed by atoms with E-state index < -0.39 is 0 Å². The van der Waals surface area contributed by atoms with E-state index >= 15 is 0 Å². The fraction of sp³-hybridized carbons (Fsp3) is 0.222.